The molecule has 1 aromatic carbocycles. The number of thiazole rings is 1. The van der Waals surface area contributed by atoms with Gasteiger partial charge in [-0.1, -0.05) is 18.2 Å². The molecule has 1 unspecified atom stereocenters. The summed E-state index contributed by atoms with van der Waals surface area (Å²) in [7, 11) is 0. The van der Waals surface area contributed by atoms with E-state index in [1.807, 2.05) is 12.3 Å². The predicted octanol–water partition coefficient (Wildman–Crippen LogP) is 3.60. The molecule has 19 heavy (non-hydrogen) atoms. The Bertz CT molecular complexity index is 505. The normalized spacial score (nSPS) is 12.6. The molecule has 6 heteroatoms. The SMILES string of the molecule is CC(NCc1nccs1)c1ccccc1OC(F)F. The maximum absolute atomic E-state index is 12.3. The molecule has 0 fully saturated rings. The highest BCUT2D eigenvalue weighted by molar-refractivity contribution is 7.09. The van der Waals surface area contributed by atoms with Crippen molar-refractivity contribution in [1.82, 2.24) is 10.3 Å². The third-order valence-corrected chi connectivity index (χ3v) is 3.42. The second kappa shape index (κ2) is 6.58. The molecule has 1 atom stereocenters. The second-order valence-electron chi connectivity index (χ2n) is 3.94. The summed E-state index contributed by atoms with van der Waals surface area (Å²) in [6.45, 7) is -0.310. The first-order chi connectivity index (χ1) is 9.16. The van der Waals surface area contributed by atoms with Crippen LogP contribution in [0.5, 0.6) is 5.75 Å². The molecule has 1 heterocycles. The summed E-state index contributed by atoms with van der Waals surface area (Å²) in [5.41, 5.74) is 0.708. The Morgan fingerprint density at radius 1 is 1.37 bits per heavy atom. The van der Waals surface area contributed by atoms with Crippen molar-refractivity contribution in [2.75, 3.05) is 0 Å². The zero-order valence-corrected chi connectivity index (χ0v) is 11.2. The minimum atomic E-state index is -2.81. The van der Waals surface area contributed by atoms with Crippen molar-refractivity contribution in [3.05, 3.63) is 46.4 Å². The summed E-state index contributed by atoms with van der Waals surface area (Å²) in [6, 6.07) is 6.70. The summed E-state index contributed by atoms with van der Waals surface area (Å²) in [5.74, 6) is 0.205. The minimum absolute atomic E-state index is 0.0983. The molecule has 0 saturated carbocycles. The molecule has 2 aromatic rings. The number of rotatable bonds is 6. The third-order valence-electron chi connectivity index (χ3n) is 2.64. The number of nitrogens with zero attached hydrogens (tertiary/aromatic N) is 1. The average Bonchev–Trinajstić information content (AvgIpc) is 2.89. The van der Waals surface area contributed by atoms with Crippen molar-refractivity contribution in [2.45, 2.75) is 26.1 Å². The molecule has 102 valence electrons. The van der Waals surface area contributed by atoms with Crippen LogP contribution < -0.4 is 10.1 Å². The van der Waals surface area contributed by atoms with Gasteiger partial charge in [-0.25, -0.2) is 4.98 Å². The molecule has 1 aromatic heterocycles. The van der Waals surface area contributed by atoms with Gasteiger partial charge in [0.1, 0.15) is 10.8 Å². The molecular formula is C13H14F2N2OS. The monoisotopic (exact) mass is 284 g/mol. The molecule has 0 aliphatic heterocycles. The fraction of sp³-hybridized carbons (Fsp3) is 0.308. The van der Waals surface area contributed by atoms with Crippen LogP contribution in [0.25, 0.3) is 0 Å². The van der Waals surface area contributed by atoms with Crippen LogP contribution in [0, 0.1) is 0 Å². The number of hydrogen-bond acceptors (Lipinski definition) is 4. The van der Waals surface area contributed by atoms with E-state index < -0.39 is 6.61 Å². The molecule has 0 aliphatic rings. The van der Waals surface area contributed by atoms with E-state index in [0.717, 1.165) is 5.01 Å². The molecule has 0 aliphatic carbocycles. The van der Waals surface area contributed by atoms with Crippen molar-refractivity contribution in [2.24, 2.45) is 0 Å². The van der Waals surface area contributed by atoms with Crippen LogP contribution in [0.2, 0.25) is 0 Å². The highest BCUT2D eigenvalue weighted by atomic mass is 32.1. The minimum Gasteiger partial charge on any atom is -0.434 e. The first-order valence-electron chi connectivity index (χ1n) is 5.82. The van der Waals surface area contributed by atoms with E-state index in [-0.39, 0.29) is 11.8 Å². The van der Waals surface area contributed by atoms with Gasteiger partial charge in [-0.15, -0.1) is 11.3 Å². The van der Waals surface area contributed by atoms with Gasteiger partial charge >= 0.3 is 6.61 Å². The summed E-state index contributed by atoms with van der Waals surface area (Å²) >= 11 is 1.55. The van der Waals surface area contributed by atoms with Gasteiger partial charge in [0.25, 0.3) is 0 Å². The van der Waals surface area contributed by atoms with E-state index in [1.165, 1.54) is 0 Å². The van der Waals surface area contributed by atoms with Crippen LogP contribution in [0.3, 0.4) is 0 Å². The Balaban J connectivity index is 2.03. The van der Waals surface area contributed by atoms with Gasteiger partial charge in [0.2, 0.25) is 0 Å². The second-order valence-corrected chi connectivity index (χ2v) is 4.92. The molecule has 0 bridgehead atoms. The molecule has 2 rings (SSSR count). The molecular weight excluding hydrogens is 270 g/mol. The van der Waals surface area contributed by atoms with Gasteiger partial charge in [-0.3, -0.25) is 0 Å². The van der Waals surface area contributed by atoms with Gasteiger partial charge in [0.15, 0.2) is 0 Å². The van der Waals surface area contributed by atoms with Crippen LogP contribution in [0.4, 0.5) is 8.78 Å². The maximum atomic E-state index is 12.3. The quantitative estimate of drug-likeness (QED) is 0.880. The molecule has 0 spiro atoms. The first kappa shape index (κ1) is 13.9. The number of halogens is 2. The van der Waals surface area contributed by atoms with E-state index >= 15 is 0 Å². The Hall–Kier alpha value is -1.53. The van der Waals surface area contributed by atoms with E-state index in [0.29, 0.717) is 12.1 Å². The smallest absolute Gasteiger partial charge is 0.387 e. The Kier molecular flexibility index (Phi) is 4.81. The topological polar surface area (TPSA) is 34.2 Å². The zero-order chi connectivity index (χ0) is 13.7. The fourth-order valence-corrected chi connectivity index (χ4v) is 2.30. The molecule has 0 amide bonds. The first-order valence-corrected chi connectivity index (χ1v) is 6.70. The van der Waals surface area contributed by atoms with E-state index in [9.17, 15) is 8.78 Å². The van der Waals surface area contributed by atoms with Crippen molar-refractivity contribution in [3.8, 4) is 5.75 Å². The van der Waals surface area contributed by atoms with Crippen molar-refractivity contribution < 1.29 is 13.5 Å². The predicted molar refractivity (Wildman–Crippen MR) is 70.4 cm³/mol. The van der Waals surface area contributed by atoms with E-state index in [2.05, 4.69) is 15.0 Å². The van der Waals surface area contributed by atoms with Gasteiger partial charge in [-0.2, -0.15) is 8.78 Å². The average molecular weight is 284 g/mol. The van der Waals surface area contributed by atoms with Crippen LogP contribution in [0.1, 0.15) is 23.5 Å². The Morgan fingerprint density at radius 2 is 2.16 bits per heavy atom. The van der Waals surface area contributed by atoms with Crippen LogP contribution in [-0.2, 0) is 6.54 Å². The molecule has 1 N–H and O–H groups in total. The maximum Gasteiger partial charge on any atom is 0.387 e. The summed E-state index contributed by atoms with van der Waals surface area (Å²) in [5, 5.41) is 6.09. The van der Waals surface area contributed by atoms with Gasteiger partial charge in [0.05, 0.1) is 0 Å². The largest absolute Gasteiger partial charge is 0.434 e. The molecule has 3 nitrogen and oxygen atoms in total. The van der Waals surface area contributed by atoms with E-state index in [1.54, 1.807) is 41.8 Å². The van der Waals surface area contributed by atoms with Crippen LogP contribution >= 0.6 is 11.3 Å². The lowest BCUT2D eigenvalue weighted by Crippen LogP contribution is -2.19. The standard InChI is InChI=1S/C13H14F2N2OS/c1-9(17-8-12-16-6-7-19-12)10-4-2-3-5-11(10)18-13(14)15/h2-7,9,13,17H,8H2,1H3. The summed E-state index contributed by atoms with van der Waals surface area (Å²) < 4.78 is 29.2. The summed E-state index contributed by atoms with van der Waals surface area (Å²) in [4.78, 5) is 4.16. The number of nitrogens with one attached hydrogen (secondary N) is 1. The Morgan fingerprint density at radius 3 is 2.84 bits per heavy atom. The molecule has 0 radical (unpaired) electrons. The Labute approximate surface area is 114 Å². The number of aromatic nitrogens is 1. The van der Waals surface area contributed by atoms with Crippen LogP contribution in [-0.4, -0.2) is 11.6 Å². The lowest BCUT2D eigenvalue weighted by atomic mass is 10.1. The van der Waals surface area contributed by atoms with Gasteiger partial charge in [-0.05, 0) is 13.0 Å². The van der Waals surface area contributed by atoms with Crippen molar-refractivity contribution in [3.63, 3.8) is 0 Å². The summed E-state index contributed by atoms with van der Waals surface area (Å²) in [6.07, 6.45) is 1.74. The number of benzene rings is 1. The highest BCUT2D eigenvalue weighted by Crippen LogP contribution is 2.26. The number of para-hydroxylation sites is 1. The van der Waals surface area contributed by atoms with Crippen molar-refractivity contribution >= 4 is 11.3 Å². The fourth-order valence-electron chi connectivity index (χ4n) is 1.73. The molecule has 0 saturated heterocycles. The van der Waals surface area contributed by atoms with Crippen LogP contribution in [0.15, 0.2) is 35.8 Å². The lowest BCUT2D eigenvalue weighted by Gasteiger charge is -2.17. The number of hydrogen-bond donors (Lipinski definition) is 1. The lowest BCUT2D eigenvalue weighted by molar-refractivity contribution is -0.0506. The number of ether oxygens (including phenoxy) is 1. The van der Waals surface area contributed by atoms with Crippen molar-refractivity contribution in [1.29, 1.82) is 0 Å². The van der Waals surface area contributed by atoms with Gasteiger partial charge < -0.3 is 10.1 Å². The number of alkyl halides is 2. The highest BCUT2D eigenvalue weighted by Gasteiger charge is 2.14. The zero-order valence-electron chi connectivity index (χ0n) is 10.3. The van der Waals surface area contributed by atoms with Gasteiger partial charge in [0, 0.05) is 29.7 Å². The third kappa shape index (κ3) is 3.97. The van der Waals surface area contributed by atoms with E-state index in [4.69, 9.17) is 0 Å².